The Kier molecular flexibility index (Phi) is 9.65. The number of benzene rings is 1. The third kappa shape index (κ3) is 5.63. The molecular weight excluding hydrogens is 529 g/mol. The second-order valence-electron chi connectivity index (χ2n) is 6.23. The summed E-state index contributed by atoms with van der Waals surface area (Å²) in [4.78, 5) is 18.3. The maximum atomic E-state index is 11.9. The van der Waals surface area contributed by atoms with Crippen molar-refractivity contribution in [2.24, 2.45) is 16.8 Å². The predicted molar refractivity (Wildman–Crippen MR) is 119 cm³/mol. The van der Waals surface area contributed by atoms with Gasteiger partial charge in [-0.05, 0) is 39.5 Å². The largest absolute Gasteiger partial charge is 0.493 e. The molecular formula is C18H27BrIN3O4. The van der Waals surface area contributed by atoms with Crippen LogP contribution in [0.3, 0.4) is 0 Å². The number of rotatable bonds is 5. The number of esters is 1. The first-order valence-corrected chi connectivity index (χ1v) is 9.18. The number of guanidine groups is 1. The second-order valence-corrected chi connectivity index (χ2v) is 7.08. The number of halogens is 2. The van der Waals surface area contributed by atoms with Crippen LogP contribution in [0.1, 0.15) is 12.5 Å². The van der Waals surface area contributed by atoms with Crippen LogP contribution in [0.5, 0.6) is 11.5 Å². The SMILES string of the molecule is CN=C(NCc1cc(Br)c(OC)c(OC)c1)N1CC(C)C(C(=O)OC)C1.I. The summed E-state index contributed by atoms with van der Waals surface area (Å²) in [6.45, 7) is 3.98. The van der Waals surface area contributed by atoms with Gasteiger partial charge < -0.3 is 24.4 Å². The smallest absolute Gasteiger partial charge is 0.310 e. The maximum absolute atomic E-state index is 11.9. The first-order valence-electron chi connectivity index (χ1n) is 8.38. The molecule has 0 radical (unpaired) electrons. The molecule has 2 atom stereocenters. The zero-order valence-electron chi connectivity index (χ0n) is 16.2. The van der Waals surface area contributed by atoms with E-state index in [9.17, 15) is 4.79 Å². The minimum atomic E-state index is -0.167. The van der Waals surface area contributed by atoms with E-state index in [0.29, 0.717) is 24.6 Å². The highest BCUT2D eigenvalue weighted by atomic mass is 127. The molecule has 1 N–H and O–H groups in total. The third-order valence-electron chi connectivity index (χ3n) is 4.57. The minimum absolute atomic E-state index is 0. The molecule has 1 aliphatic rings. The van der Waals surface area contributed by atoms with Crippen LogP contribution >= 0.6 is 39.9 Å². The molecule has 2 unspecified atom stereocenters. The molecule has 9 heteroatoms. The molecule has 0 saturated carbocycles. The van der Waals surface area contributed by atoms with Crippen LogP contribution in [0.2, 0.25) is 0 Å². The molecule has 0 aliphatic carbocycles. The number of nitrogens with one attached hydrogen (secondary N) is 1. The van der Waals surface area contributed by atoms with E-state index in [1.54, 1.807) is 21.3 Å². The quantitative estimate of drug-likeness (QED) is 0.261. The number of likely N-dealkylation sites (tertiary alicyclic amines) is 1. The highest BCUT2D eigenvalue weighted by molar-refractivity contribution is 14.0. The van der Waals surface area contributed by atoms with Crippen molar-refractivity contribution in [2.75, 3.05) is 41.5 Å². The van der Waals surface area contributed by atoms with E-state index in [2.05, 4.69) is 38.1 Å². The molecule has 1 fully saturated rings. The molecule has 0 bridgehead atoms. The van der Waals surface area contributed by atoms with Crippen molar-refractivity contribution in [3.05, 3.63) is 22.2 Å². The number of carbonyl (C=O) groups is 1. The number of hydrogen-bond acceptors (Lipinski definition) is 5. The highest BCUT2D eigenvalue weighted by Crippen LogP contribution is 2.36. The van der Waals surface area contributed by atoms with E-state index in [1.807, 2.05) is 12.1 Å². The van der Waals surface area contributed by atoms with E-state index >= 15 is 0 Å². The lowest BCUT2D eigenvalue weighted by Gasteiger charge is -2.22. The van der Waals surface area contributed by atoms with Crippen molar-refractivity contribution in [1.29, 1.82) is 0 Å². The van der Waals surface area contributed by atoms with Crippen molar-refractivity contribution in [1.82, 2.24) is 10.2 Å². The first-order chi connectivity index (χ1) is 12.4. The van der Waals surface area contributed by atoms with Crippen LogP contribution in [-0.4, -0.2) is 58.3 Å². The normalized spacial score (nSPS) is 19.3. The Balaban J connectivity index is 0.00000364. The second kappa shape index (κ2) is 10.9. The average molecular weight is 556 g/mol. The van der Waals surface area contributed by atoms with Gasteiger partial charge in [-0.3, -0.25) is 9.79 Å². The highest BCUT2D eigenvalue weighted by Gasteiger charge is 2.36. The molecule has 27 heavy (non-hydrogen) atoms. The number of nitrogens with zero attached hydrogens (tertiary/aromatic N) is 2. The molecule has 1 saturated heterocycles. The Bertz CT molecular complexity index is 687. The topological polar surface area (TPSA) is 72.4 Å². The van der Waals surface area contributed by atoms with E-state index in [-0.39, 0.29) is 41.8 Å². The molecule has 7 nitrogen and oxygen atoms in total. The van der Waals surface area contributed by atoms with Crippen molar-refractivity contribution >= 4 is 51.8 Å². The Morgan fingerprint density at radius 3 is 2.56 bits per heavy atom. The van der Waals surface area contributed by atoms with Gasteiger partial charge in [-0.2, -0.15) is 0 Å². The van der Waals surface area contributed by atoms with Gasteiger partial charge in [0.2, 0.25) is 0 Å². The van der Waals surface area contributed by atoms with Gasteiger partial charge in [0.15, 0.2) is 17.5 Å². The summed E-state index contributed by atoms with van der Waals surface area (Å²) in [6, 6.07) is 3.90. The Morgan fingerprint density at radius 1 is 1.30 bits per heavy atom. The number of ether oxygens (including phenoxy) is 3. The molecule has 0 amide bonds. The summed E-state index contributed by atoms with van der Waals surface area (Å²) < 4.78 is 16.4. The summed E-state index contributed by atoms with van der Waals surface area (Å²) >= 11 is 3.50. The lowest BCUT2D eigenvalue weighted by molar-refractivity contribution is -0.145. The zero-order valence-corrected chi connectivity index (χ0v) is 20.2. The average Bonchev–Trinajstić information content (AvgIpc) is 3.02. The molecule has 2 rings (SSSR count). The standard InChI is InChI=1S/C18H26BrN3O4.HI/c1-11-9-22(10-13(11)17(23)26-5)18(20-2)21-8-12-6-14(19)16(25-4)15(7-12)24-3;/h6-7,11,13H,8-10H2,1-5H3,(H,20,21);1H. The fraction of sp³-hybridized carbons (Fsp3) is 0.556. The van der Waals surface area contributed by atoms with Gasteiger partial charge in [-0.15, -0.1) is 24.0 Å². The van der Waals surface area contributed by atoms with Crippen LogP contribution < -0.4 is 14.8 Å². The van der Waals surface area contributed by atoms with Gasteiger partial charge in [0.05, 0.1) is 31.7 Å². The van der Waals surface area contributed by atoms with E-state index < -0.39 is 0 Å². The third-order valence-corrected chi connectivity index (χ3v) is 5.16. The summed E-state index contributed by atoms with van der Waals surface area (Å²) in [6.07, 6.45) is 0. The summed E-state index contributed by atoms with van der Waals surface area (Å²) in [5, 5.41) is 3.35. The summed E-state index contributed by atoms with van der Waals surface area (Å²) in [7, 11) is 6.39. The molecule has 1 aliphatic heterocycles. The Labute approximate surface area is 186 Å². The van der Waals surface area contributed by atoms with Crippen LogP contribution in [0.4, 0.5) is 0 Å². The number of carbonyl (C=O) groups excluding carboxylic acids is 1. The van der Waals surface area contributed by atoms with Gasteiger partial charge in [0, 0.05) is 26.7 Å². The van der Waals surface area contributed by atoms with Gasteiger partial charge in [0.1, 0.15) is 0 Å². The number of hydrogen-bond donors (Lipinski definition) is 1. The van der Waals surface area contributed by atoms with Gasteiger partial charge in [-0.25, -0.2) is 0 Å². The lowest BCUT2D eigenvalue weighted by atomic mass is 9.99. The van der Waals surface area contributed by atoms with Gasteiger partial charge in [0.25, 0.3) is 0 Å². The van der Waals surface area contributed by atoms with Crippen LogP contribution in [0.15, 0.2) is 21.6 Å². The lowest BCUT2D eigenvalue weighted by Crippen LogP contribution is -2.40. The fourth-order valence-electron chi connectivity index (χ4n) is 3.18. The van der Waals surface area contributed by atoms with E-state index in [0.717, 1.165) is 22.5 Å². The molecule has 1 heterocycles. The van der Waals surface area contributed by atoms with Gasteiger partial charge >= 0.3 is 5.97 Å². The Morgan fingerprint density at radius 2 is 2.00 bits per heavy atom. The molecule has 0 aromatic heterocycles. The molecule has 1 aromatic carbocycles. The number of aliphatic imine (C=N–C) groups is 1. The monoisotopic (exact) mass is 555 g/mol. The fourth-order valence-corrected chi connectivity index (χ4v) is 3.84. The molecule has 152 valence electrons. The van der Waals surface area contributed by atoms with Crippen LogP contribution in [0, 0.1) is 11.8 Å². The summed E-state index contributed by atoms with van der Waals surface area (Å²) in [5.74, 6) is 2.00. The first kappa shape index (κ1) is 23.8. The van der Waals surface area contributed by atoms with Crippen LogP contribution in [-0.2, 0) is 16.1 Å². The minimum Gasteiger partial charge on any atom is -0.493 e. The van der Waals surface area contributed by atoms with Crippen molar-refractivity contribution in [2.45, 2.75) is 13.5 Å². The zero-order chi connectivity index (χ0) is 19.3. The van der Waals surface area contributed by atoms with Gasteiger partial charge in [-0.1, -0.05) is 6.92 Å². The predicted octanol–water partition coefficient (Wildman–Crippen LogP) is 2.90. The van der Waals surface area contributed by atoms with Crippen molar-refractivity contribution in [3.63, 3.8) is 0 Å². The van der Waals surface area contributed by atoms with E-state index in [4.69, 9.17) is 14.2 Å². The number of methoxy groups -OCH3 is 3. The molecule has 1 aromatic rings. The molecule has 0 spiro atoms. The van der Waals surface area contributed by atoms with Crippen molar-refractivity contribution in [3.8, 4) is 11.5 Å². The van der Waals surface area contributed by atoms with Crippen molar-refractivity contribution < 1.29 is 19.0 Å². The van der Waals surface area contributed by atoms with E-state index in [1.165, 1.54) is 7.11 Å². The Hall–Kier alpha value is -1.23. The van der Waals surface area contributed by atoms with Crippen LogP contribution in [0.25, 0.3) is 0 Å². The summed E-state index contributed by atoms with van der Waals surface area (Å²) in [5.41, 5.74) is 1.02. The maximum Gasteiger partial charge on any atom is 0.310 e.